The second kappa shape index (κ2) is 6.25. The summed E-state index contributed by atoms with van der Waals surface area (Å²) in [5.41, 5.74) is -1.29. The Hall–Kier alpha value is -2.80. The van der Waals surface area contributed by atoms with Crippen LogP contribution in [0.4, 0.5) is 13.6 Å². The minimum Gasteiger partial charge on any atom is -0.387 e. The number of β-amino-alcohol motifs (C(OH)–C–C–N with tert-alkyl or cyclic N) is 1. The minimum absolute atomic E-state index is 0.0381. The van der Waals surface area contributed by atoms with Gasteiger partial charge in [-0.25, -0.2) is 13.6 Å². The molecule has 130 valence electrons. The number of carbonyl (C=O) groups excluding carboxylic acids is 2. The quantitative estimate of drug-likeness (QED) is 0.836. The molecule has 0 unspecified atom stereocenters. The molecule has 0 bridgehead atoms. The van der Waals surface area contributed by atoms with E-state index in [9.17, 15) is 23.5 Å². The summed E-state index contributed by atoms with van der Waals surface area (Å²) >= 11 is 0. The average Bonchev–Trinajstić information content (AvgIpc) is 2.79. The number of imide groups is 1. The third-order valence-electron chi connectivity index (χ3n) is 4.28. The molecule has 2 N–H and O–H groups in total. The summed E-state index contributed by atoms with van der Waals surface area (Å²) in [5.74, 6) is -1.84. The SMILES string of the molecule is C[C@@]1(c2ccccc2F)NC(=O)N(C[C@H](O)c2cccc(F)c2)C1=O. The highest BCUT2D eigenvalue weighted by molar-refractivity contribution is 6.07. The predicted octanol–water partition coefficient (Wildman–Crippen LogP) is 2.47. The molecule has 0 aliphatic carbocycles. The first-order valence-electron chi connectivity index (χ1n) is 7.65. The van der Waals surface area contributed by atoms with Gasteiger partial charge in [0.15, 0.2) is 0 Å². The molecule has 1 aliphatic heterocycles. The van der Waals surface area contributed by atoms with Crippen molar-refractivity contribution in [2.75, 3.05) is 6.54 Å². The lowest BCUT2D eigenvalue weighted by atomic mass is 9.91. The second-order valence-electron chi connectivity index (χ2n) is 6.02. The molecule has 2 atom stereocenters. The monoisotopic (exact) mass is 346 g/mol. The van der Waals surface area contributed by atoms with E-state index in [4.69, 9.17) is 0 Å². The minimum atomic E-state index is -1.57. The average molecular weight is 346 g/mol. The van der Waals surface area contributed by atoms with Crippen LogP contribution in [-0.4, -0.2) is 28.5 Å². The molecule has 0 saturated carbocycles. The Balaban J connectivity index is 1.86. The number of rotatable bonds is 4. The first kappa shape index (κ1) is 17.0. The summed E-state index contributed by atoms with van der Waals surface area (Å²) in [5, 5.41) is 12.7. The molecule has 2 aromatic carbocycles. The van der Waals surface area contributed by atoms with E-state index in [1.54, 1.807) is 6.07 Å². The van der Waals surface area contributed by atoms with E-state index < -0.39 is 35.2 Å². The molecule has 0 aromatic heterocycles. The lowest BCUT2D eigenvalue weighted by molar-refractivity contribution is -0.132. The van der Waals surface area contributed by atoms with Gasteiger partial charge in [0.2, 0.25) is 0 Å². The number of amides is 3. The van der Waals surface area contributed by atoms with Crippen molar-refractivity contribution in [2.45, 2.75) is 18.6 Å². The fourth-order valence-corrected chi connectivity index (χ4v) is 2.90. The van der Waals surface area contributed by atoms with E-state index in [-0.39, 0.29) is 17.7 Å². The maximum atomic E-state index is 14.1. The number of hydrogen-bond acceptors (Lipinski definition) is 3. The first-order valence-corrected chi connectivity index (χ1v) is 7.65. The van der Waals surface area contributed by atoms with Gasteiger partial charge in [-0.1, -0.05) is 30.3 Å². The van der Waals surface area contributed by atoms with Gasteiger partial charge in [-0.3, -0.25) is 9.69 Å². The molecule has 3 amide bonds. The molecule has 5 nitrogen and oxygen atoms in total. The Labute approximate surface area is 142 Å². The van der Waals surface area contributed by atoms with Gasteiger partial charge in [-0.2, -0.15) is 0 Å². The van der Waals surface area contributed by atoms with Crippen molar-refractivity contribution in [3.63, 3.8) is 0 Å². The Bertz CT molecular complexity index is 843. The van der Waals surface area contributed by atoms with Crippen LogP contribution in [0.3, 0.4) is 0 Å². The van der Waals surface area contributed by atoms with Crippen molar-refractivity contribution >= 4 is 11.9 Å². The third kappa shape index (κ3) is 2.98. The van der Waals surface area contributed by atoms with Crippen LogP contribution >= 0.6 is 0 Å². The molecule has 2 aromatic rings. The number of aliphatic hydroxyl groups is 1. The van der Waals surface area contributed by atoms with Crippen LogP contribution in [0.2, 0.25) is 0 Å². The first-order chi connectivity index (χ1) is 11.8. The molecular formula is C18H16F2N2O3. The maximum absolute atomic E-state index is 14.1. The number of nitrogens with zero attached hydrogens (tertiary/aromatic N) is 1. The van der Waals surface area contributed by atoms with Gasteiger partial charge in [0.05, 0.1) is 12.6 Å². The van der Waals surface area contributed by atoms with Gasteiger partial charge in [0.25, 0.3) is 5.91 Å². The number of carbonyl (C=O) groups is 2. The van der Waals surface area contributed by atoms with E-state index in [2.05, 4.69) is 5.32 Å². The van der Waals surface area contributed by atoms with E-state index in [1.165, 1.54) is 43.3 Å². The van der Waals surface area contributed by atoms with Crippen molar-refractivity contribution in [1.29, 1.82) is 0 Å². The summed E-state index contributed by atoms with van der Waals surface area (Å²) in [6.07, 6.45) is -1.26. The number of nitrogens with one attached hydrogen (secondary N) is 1. The fraction of sp³-hybridized carbons (Fsp3) is 0.222. The van der Waals surface area contributed by atoms with Crippen LogP contribution in [0, 0.1) is 11.6 Å². The van der Waals surface area contributed by atoms with Gasteiger partial charge in [0.1, 0.15) is 17.2 Å². The van der Waals surface area contributed by atoms with Gasteiger partial charge in [0, 0.05) is 5.56 Å². The Morgan fingerprint density at radius 2 is 1.88 bits per heavy atom. The van der Waals surface area contributed by atoms with Crippen molar-refractivity contribution in [1.82, 2.24) is 10.2 Å². The second-order valence-corrected chi connectivity index (χ2v) is 6.02. The van der Waals surface area contributed by atoms with Gasteiger partial charge in [-0.15, -0.1) is 0 Å². The van der Waals surface area contributed by atoms with E-state index >= 15 is 0 Å². The molecular weight excluding hydrogens is 330 g/mol. The number of aliphatic hydroxyl groups excluding tert-OH is 1. The molecule has 0 spiro atoms. The number of benzene rings is 2. The maximum Gasteiger partial charge on any atom is 0.325 e. The van der Waals surface area contributed by atoms with Crippen molar-refractivity contribution < 1.29 is 23.5 Å². The Kier molecular flexibility index (Phi) is 4.26. The molecule has 1 aliphatic rings. The van der Waals surface area contributed by atoms with Crippen molar-refractivity contribution in [3.8, 4) is 0 Å². The van der Waals surface area contributed by atoms with Crippen LogP contribution in [0.25, 0.3) is 0 Å². The molecule has 3 rings (SSSR count). The lowest BCUT2D eigenvalue weighted by Crippen LogP contribution is -2.42. The van der Waals surface area contributed by atoms with Gasteiger partial charge >= 0.3 is 6.03 Å². The Morgan fingerprint density at radius 1 is 1.16 bits per heavy atom. The normalized spacial score (nSPS) is 21.4. The summed E-state index contributed by atoms with van der Waals surface area (Å²) in [7, 11) is 0. The number of urea groups is 1. The standard InChI is InChI=1S/C18H16F2N2O3/c1-18(13-7-2-3-8-14(13)20)16(24)22(17(25)21-18)10-15(23)11-5-4-6-12(19)9-11/h2-9,15,23H,10H2,1H3,(H,21,25)/t15-,18-/m0/s1. The summed E-state index contributed by atoms with van der Waals surface area (Å²) < 4.78 is 27.3. The van der Waals surface area contributed by atoms with Crippen molar-refractivity contribution in [2.24, 2.45) is 0 Å². The topological polar surface area (TPSA) is 69.6 Å². The highest BCUT2D eigenvalue weighted by Crippen LogP contribution is 2.31. The van der Waals surface area contributed by atoms with Crippen molar-refractivity contribution in [3.05, 3.63) is 71.3 Å². The summed E-state index contributed by atoms with van der Waals surface area (Å²) in [6.45, 7) is 1.04. The zero-order valence-electron chi connectivity index (χ0n) is 13.4. The van der Waals surface area contributed by atoms with E-state index in [1.807, 2.05) is 0 Å². The number of hydrogen-bond donors (Lipinski definition) is 2. The molecule has 1 saturated heterocycles. The molecule has 7 heteroatoms. The van der Waals surface area contributed by atoms with Crippen LogP contribution in [0.5, 0.6) is 0 Å². The fourth-order valence-electron chi connectivity index (χ4n) is 2.90. The van der Waals surface area contributed by atoms with Gasteiger partial charge in [-0.05, 0) is 30.7 Å². The van der Waals surface area contributed by atoms with Crippen LogP contribution in [0.15, 0.2) is 48.5 Å². The molecule has 1 heterocycles. The zero-order valence-corrected chi connectivity index (χ0v) is 13.4. The van der Waals surface area contributed by atoms with Crippen LogP contribution in [-0.2, 0) is 10.3 Å². The summed E-state index contributed by atoms with van der Waals surface area (Å²) in [6, 6.07) is 10.2. The number of halogens is 2. The predicted molar refractivity (Wildman–Crippen MR) is 85.4 cm³/mol. The van der Waals surface area contributed by atoms with E-state index in [0.717, 1.165) is 11.0 Å². The largest absolute Gasteiger partial charge is 0.387 e. The zero-order chi connectivity index (χ0) is 18.2. The van der Waals surface area contributed by atoms with Crippen LogP contribution < -0.4 is 5.32 Å². The lowest BCUT2D eigenvalue weighted by Gasteiger charge is -2.23. The van der Waals surface area contributed by atoms with Gasteiger partial charge < -0.3 is 10.4 Å². The highest BCUT2D eigenvalue weighted by Gasteiger charge is 2.50. The third-order valence-corrected chi connectivity index (χ3v) is 4.28. The smallest absolute Gasteiger partial charge is 0.325 e. The molecule has 0 radical (unpaired) electrons. The summed E-state index contributed by atoms with van der Waals surface area (Å²) in [4.78, 5) is 25.7. The molecule has 25 heavy (non-hydrogen) atoms. The Morgan fingerprint density at radius 3 is 2.56 bits per heavy atom. The van der Waals surface area contributed by atoms with E-state index in [0.29, 0.717) is 0 Å². The molecule has 1 fully saturated rings. The highest BCUT2D eigenvalue weighted by atomic mass is 19.1. The van der Waals surface area contributed by atoms with Crippen LogP contribution in [0.1, 0.15) is 24.2 Å².